The molecule has 0 rings (SSSR count). The van der Waals surface area contributed by atoms with Crippen LogP contribution in [-0.4, -0.2) is 70.8 Å². The second-order valence-electron chi connectivity index (χ2n) is 7.42. The van der Waals surface area contributed by atoms with Crippen molar-refractivity contribution in [1.82, 2.24) is 16.0 Å². The van der Waals surface area contributed by atoms with Crippen LogP contribution in [0, 0.1) is 0 Å². The van der Waals surface area contributed by atoms with Crippen LogP contribution in [-0.2, 0) is 28.8 Å². The van der Waals surface area contributed by atoms with Gasteiger partial charge in [0, 0.05) is 6.42 Å². The van der Waals surface area contributed by atoms with Crippen LogP contribution in [0.25, 0.3) is 0 Å². The maximum absolute atomic E-state index is 12.4. The number of carbonyl (C=O) groups is 6. The predicted octanol–water partition coefficient (Wildman–Crippen LogP) is -3.86. The molecule has 182 valence electrons. The zero-order chi connectivity index (χ0) is 25.0. The van der Waals surface area contributed by atoms with E-state index in [1.807, 2.05) is 0 Å². The van der Waals surface area contributed by atoms with Crippen LogP contribution in [0.4, 0.5) is 0 Å². The predicted molar refractivity (Wildman–Crippen MR) is 112 cm³/mol. The first-order chi connectivity index (χ1) is 14.8. The third-order valence-electron chi connectivity index (χ3n) is 4.49. The summed E-state index contributed by atoms with van der Waals surface area (Å²) in [5, 5.41) is 16.0. The Morgan fingerprint density at radius 1 is 0.781 bits per heavy atom. The average molecular weight is 460 g/mol. The molecule has 5 atom stereocenters. The lowest BCUT2D eigenvalue weighted by molar-refractivity contribution is -0.141. The van der Waals surface area contributed by atoms with E-state index < -0.39 is 65.7 Å². The van der Waals surface area contributed by atoms with E-state index >= 15 is 0 Å². The Morgan fingerprint density at radius 3 is 1.84 bits per heavy atom. The van der Waals surface area contributed by atoms with Crippen molar-refractivity contribution in [2.45, 2.75) is 76.2 Å². The molecule has 0 aliphatic rings. The first-order valence-electron chi connectivity index (χ1n) is 9.98. The Labute approximate surface area is 185 Å². The summed E-state index contributed by atoms with van der Waals surface area (Å²) < 4.78 is 0. The van der Waals surface area contributed by atoms with Crippen molar-refractivity contribution in [3.63, 3.8) is 0 Å². The van der Waals surface area contributed by atoms with Gasteiger partial charge in [-0.3, -0.25) is 28.8 Å². The fourth-order valence-corrected chi connectivity index (χ4v) is 2.46. The average Bonchev–Trinajstić information content (AvgIpc) is 2.69. The molecule has 0 aromatic carbocycles. The molecule has 0 aromatic heterocycles. The van der Waals surface area contributed by atoms with Gasteiger partial charge in [0.05, 0.1) is 12.1 Å². The second-order valence-corrected chi connectivity index (χ2v) is 7.42. The van der Waals surface area contributed by atoms with Gasteiger partial charge in [0.1, 0.15) is 18.1 Å². The largest absolute Gasteiger partial charge is 0.480 e. The van der Waals surface area contributed by atoms with Crippen molar-refractivity contribution in [2.24, 2.45) is 22.9 Å². The van der Waals surface area contributed by atoms with E-state index in [-0.39, 0.29) is 32.1 Å². The monoisotopic (exact) mass is 459 g/mol. The fourth-order valence-electron chi connectivity index (χ4n) is 2.46. The molecular formula is C18H33N7O7. The standard InChI is InChI=1S/C18H33N7O7/c1-8(19)16(29)25-11(15(22)28)6-7-13(26)24-12(5-3-4-10(20)14(21)27)17(30)23-9(2)18(31)32/h8-12H,3-7,19-20H2,1-2H3,(H2,21,27)(H2,22,28)(H,23,30)(H,24,26)(H,25,29)(H,31,32). The molecule has 0 heterocycles. The summed E-state index contributed by atoms with van der Waals surface area (Å²) in [5.74, 6) is -4.88. The molecule has 0 aromatic rings. The maximum Gasteiger partial charge on any atom is 0.325 e. The zero-order valence-electron chi connectivity index (χ0n) is 18.1. The number of carboxylic acids is 1. The first-order valence-corrected chi connectivity index (χ1v) is 9.98. The Kier molecular flexibility index (Phi) is 12.5. The highest BCUT2D eigenvalue weighted by Gasteiger charge is 2.26. The van der Waals surface area contributed by atoms with Crippen LogP contribution in [0.1, 0.15) is 46.0 Å². The summed E-state index contributed by atoms with van der Waals surface area (Å²) in [4.78, 5) is 69.9. The van der Waals surface area contributed by atoms with Crippen molar-refractivity contribution in [2.75, 3.05) is 0 Å². The lowest BCUT2D eigenvalue weighted by Gasteiger charge is -2.21. The van der Waals surface area contributed by atoms with E-state index in [1.54, 1.807) is 0 Å². The van der Waals surface area contributed by atoms with E-state index in [0.29, 0.717) is 0 Å². The van der Waals surface area contributed by atoms with Crippen molar-refractivity contribution in [1.29, 1.82) is 0 Å². The molecule has 0 aliphatic heterocycles. The normalized spacial score (nSPS) is 15.4. The number of hydrogen-bond acceptors (Lipinski definition) is 8. The molecule has 0 aliphatic carbocycles. The zero-order valence-corrected chi connectivity index (χ0v) is 18.1. The Hall–Kier alpha value is -3.26. The summed E-state index contributed by atoms with van der Waals surface area (Å²) in [7, 11) is 0. The number of hydrogen-bond donors (Lipinski definition) is 8. The third kappa shape index (κ3) is 11.2. The summed E-state index contributed by atoms with van der Waals surface area (Å²) in [6.07, 6.45) is 0.0122. The van der Waals surface area contributed by atoms with Gasteiger partial charge in [0.2, 0.25) is 29.5 Å². The van der Waals surface area contributed by atoms with E-state index in [2.05, 4.69) is 16.0 Å². The minimum Gasteiger partial charge on any atom is -0.480 e. The molecule has 5 amide bonds. The molecule has 12 N–H and O–H groups in total. The van der Waals surface area contributed by atoms with Crippen LogP contribution in [0.15, 0.2) is 0 Å². The molecule has 14 heteroatoms. The quantitative estimate of drug-likeness (QED) is 0.119. The number of carboxylic acid groups (broad SMARTS) is 1. The summed E-state index contributed by atoms with van der Waals surface area (Å²) >= 11 is 0. The van der Waals surface area contributed by atoms with Gasteiger partial charge >= 0.3 is 5.97 Å². The topological polar surface area (TPSA) is 263 Å². The van der Waals surface area contributed by atoms with Crippen LogP contribution in [0.3, 0.4) is 0 Å². The minimum absolute atomic E-state index is 0.0472. The highest BCUT2D eigenvalue weighted by atomic mass is 16.4. The number of nitrogens with two attached hydrogens (primary N) is 4. The van der Waals surface area contributed by atoms with Crippen LogP contribution in [0.2, 0.25) is 0 Å². The lowest BCUT2D eigenvalue weighted by atomic mass is 10.0. The molecule has 0 spiro atoms. The lowest BCUT2D eigenvalue weighted by Crippen LogP contribution is -2.52. The highest BCUT2D eigenvalue weighted by Crippen LogP contribution is 2.06. The van der Waals surface area contributed by atoms with Crippen molar-refractivity contribution in [3.05, 3.63) is 0 Å². The van der Waals surface area contributed by atoms with Gasteiger partial charge < -0.3 is 44.0 Å². The van der Waals surface area contributed by atoms with Crippen molar-refractivity contribution < 1.29 is 33.9 Å². The van der Waals surface area contributed by atoms with E-state index in [9.17, 15) is 28.8 Å². The number of carbonyl (C=O) groups excluding carboxylic acids is 5. The van der Waals surface area contributed by atoms with Crippen LogP contribution < -0.4 is 38.9 Å². The van der Waals surface area contributed by atoms with Gasteiger partial charge in [-0.25, -0.2) is 0 Å². The molecule has 14 nitrogen and oxygen atoms in total. The number of aliphatic carboxylic acids is 1. The number of nitrogens with one attached hydrogen (secondary N) is 3. The summed E-state index contributed by atoms with van der Waals surface area (Å²) in [5.41, 5.74) is 21.3. The van der Waals surface area contributed by atoms with Crippen LogP contribution >= 0.6 is 0 Å². The number of amides is 5. The Morgan fingerprint density at radius 2 is 1.38 bits per heavy atom. The Balaban J connectivity index is 5.05. The highest BCUT2D eigenvalue weighted by molar-refractivity contribution is 5.91. The molecular weight excluding hydrogens is 426 g/mol. The van der Waals surface area contributed by atoms with E-state index in [4.69, 9.17) is 28.0 Å². The van der Waals surface area contributed by atoms with Gasteiger partial charge in [0.25, 0.3) is 0 Å². The summed E-state index contributed by atoms with van der Waals surface area (Å²) in [6, 6.07) is -5.30. The third-order valence-corrected chi connectivity index (χ3v) is 4.49. The molecule has 5 unspecified atom stereocenters. The van der Waals surface area contributed by atoms with E-state index in [1.165, 1.54) is 13.8 Å². The molecule has 0 bridgehead atoms. The smallest absolute Gasteiger partial charge is 0.325 e. The summed E-state index contributed by atoms with van der Waals surface area (Å²) in [6.45, 7) is 2.66. The van der Waals surface area contributed by atoms with Gasteiger partial charge in [0.15, 0.2) is 0 Å². The molecule has 0 saturated carbocycles. The van der Waals surface area contributed by atoms with Gasteiger partial charge in [-0.15, -0.1) is 0 Å². The maximum atomic E-state index is 12.4. The van der Waals surface area contributed by atoms with Gasteiger partial charge in [-0.1, -0.05) is 0 Å². The van der Waals surface area contributed by atoms with Gasteiger partial charge in [-0.05, 0) is 39.5 Å². The first kappa shape index (κ1) is 28.7. The van der Waals surface area contributed by atoms with Crippen molar-refractivity contribution in [3.8, 4) is 0 Å². The van der Waals surface area contributed by atoms with Crippen molar-refractivity contribution >= 4 is 35.5 Å². The van der Waals surface area contributed by atoms with Crippen LogP contribution in [0.5, 0.6) is 0 Å². The van der Waals surface area contributed by atoms with E-state index in [0.717, 1.165) is 0 Å². The fraction of sp³-hybridized carbons (Fsp3) is 0.667. The molecule has 0 fully saturated rings. The number of rotatable bonds is 15. The van der Waals surface area contributed by atoms with Gasteiger partial charge in [-0.2, -0.15) is 0 Å². The molecule has 32 heavy (non-hydrogen) atoms. The number of primary amides is 2. The molecule has 0 saturated heterocycles. The molecule has 0 radical (unpaired) electrons. The minimum atomic E-state index is -1.27. The SMILES string of the molecule is CC(N)C(=O)NC(CCC(=O)NC(CCCC(N)C(N)=O)C(=O)NC(C)C(=O)O)C(N)=O. The second kappa shape index (κ2) is 13.9. The Bertz CT molecular complexity index is 714.